The topological polar surface area (TPSA) is 71.5 Å². The van der Waals surface area contributed by atoms with E-state index in [1.54, 1.807) is 30.5 Å². The zero-order valence-corrected chi connectivity index (χ0v) is 14.4. The number of nitrogens with zero attached hydrogens (tertiary/aromatic N) is 2. The summed E-state index contributed by atoms with van der Waals surface area (Å²) in [5.74, 6) is 1.19. The van der Waals surface area contributed by atoms with Crippen molar-refractivity contribution in [1.82, 2.24) is 4.98 Å². The third-order valence-corrected chi connectivity index (χ3v) is 5.46. The van der Waals surface area contributed by atoms with Crippen molar-refractivity contribution in [3.8, 4) is 5.75 Å². The summed E-state index contributed by atoms with van der Waals surface area (Å²) in [7, 11) is -2.27. The van der Waals surface area contributed by atoms with Crippen molar-refractivity contribution < 1.29 is 13.2 Å². The number of piperidine rings is 1. The van der Waals surface area contributed by atoms with Crippen LogP contribution in [0.15, 0.2) is 47.5 Å². The number of para-hydroxylation sites is 1. The van der Waals surface area contributed by atoms with E-state index in [1.165, 1.54) is 32.4 Å². The summed E-state index contributed by atoms with van der Waals surface area (Å²) in [6, 6.07) is 10.1. The van der Waals surface area contributed by atoms with Gasteiger partial charge in [0.05, 0.1) is 19.0 Å². The second-order valence-corrected chi connectivity index (χ2v) is 7.36. The van der Waals surface area contributed by atoms with Crippen molar-refractivity contribution >= 4 is 21.5 Å². The number of rotatable bonds is 5. The van der Waals surface area contributed by atoms with Crippen LogP contribution in [0.2, 0.25) is 0 Å². The van der Waals surface area contributed by atoms with Gasteiger partial charge in [-0.15, -0.1) is 0 Å². The maximum Gasteiger partial charge on any atom is 0.265 e. The minimum absolute atomic E-state index is 0.104. The lowest BCUT2D eigenvalue weighted by atomic mass is 10.1. The van der Waals surface area contributed by atoms with Crippen LogP contribution < -0.4 is 14.4 Å². The maximum absolute atomic E-state index is 12.5. The number of pyridine rings is 1. The molecule has 1 aliphatic rings. The summed E-state index contributed by atoms with van der Waals surface area (Å²) in [6.07, 6.45) is 5.15. The highest BCUT2D eigenvalue weighted by atomic mass is 32.2. The summed E-state index contributed by atoms with van der Waals surface area (Å²) in [4.78, 5) is 6.72. The van der Waals surface area contributed by atoms with Gasteiger partial charge in [-0.2, -0.15) is 0 Å². The van der Waals surface area contributed by atoms with Gasteiger partial charge in [-0.1, -0.05) is 12.1 Å². The molecule has 0 unspecified atom stereocenters. The molecule has 6 nitrogen and oxygen atoms in total. The van der Waals surface area contributed by atoms with Gasteiger partial charge in [0.1, 0.15) is 16.5 Å². The molecule has 3 rings (SSSR count). The van der Waals surface area contributed by atoms with Crippen molar-refractivity contribution in [2.45, 2.75) is 24.2 Å². The first-order valence-electron chi connectivity index (χ1n) is 7.97. The van der Waals surface area contributed by atoms with Crippen LogP contribution in [-0.4, -0.2) is 33.6 Å². The number of ether oxygens (including phenoxy) is 1. The van der Waals surface area contributed by atoms with Crippen LogP contribution in [0.3, 0.4) is 0 Å². The molecule has 24 heavy (non-hydrogen) atoms. The summed E-state index contributed by atoms with van der Waals surface area (Å²) in [5.41, 5.74) is 0.432. The normalized spacial score (nSPS) is 15.1. The Bertz CT molecular complexity index is 785. The van der Waals surface area contributed by atoms with Crippen LogP contribution >= 0.6 is 0 Å². The lowest BCUT2D eigenvalue weighted by Crippen LogP contribution is -2.30. The third kappa shape index (κ3) is 3.62. The maximum atomic E-state index is 12.5. The predicted molar refractivity (Wildman–Crippen MR) is 94.1 cm³/mol. The molecule has 2 heterocycles. The van der Waals surface area contributed by atoms with E-state index in [0.29, 0.717) is 11.4 Å². The van der Waals surface area contributed by atoms with Crippen LogP contribution in [0.5, 0.6) is 5.75 Å². The number of hydrogen-bond donors (Lipinski definition) is 1. The molecule has 0 radical (unpaired) electrons. The van der Waals surface area contributed by atoms with Gasteiger partial charge in [0.2, 0.25) is 0 Å². The van der Waals surface area contributed by atoms with E-state index < -0.39 is 10.0 Å². The summed E-state index contributed by atoms with van der Waals surface area (Å²) < 4.78 is 32.8. The molecule has 1 aromatic carbocycles. The number of hydrogen-bond acceptors (Lipinski definition) is 5. The number of benzene rings is 1. The molecule has 1 aliphatic heterocycles. The van der Waals surface area contributed by atoms with E-state index in [-0.39, 0.29) is 4.90 Å². The third-order valence-electron chi connectivity index (χ3n) is 4.04. The summed E-state index contributed by atoms with van der Waals surface area (Å²) in [5, 5.41) is 0. The van der Waals surface area contributed by atoms with Gasteiger partial charge in [0, 0.05) is 13.1 Å². The molecule has 1 aromatic heterocycles. The van der Waals surface area contributed by atoms with Crippen molar-refractivity contribution in [2.24, 2.45) is 0 Å². The largest absolute Gasteiger partial charge is 0.495 e. The van der Waals surface area contributed by atoms with E-state index in [2.05, 4.69) is 14.6 Å². The van der Waals surface area contributed by atoms with Gasteiger partial charge in [0.15, 0.2) is 0 Å². The Morgan fingerprint density at radius 1 is 1.08 bits per heavy atom. The second-order valence-electron chi connectivity index (χ2n) is 5.71. The Labute approximate surface area is 142 Å². The highest BCUT2D eigenvalue weighted by molar-refractivity contribution is 7.92. The Balaban J connectivity index is 1.77. The average Bonchev–Trinajstić information content (AvgIpc) is 2.63. The minimum atomic E-state index is -3.72. The monoisotopic (exact) mass is 347 g/mol. The number of nitrogens with one attached hydrogen (secondary N) is 1. The Hall–Kier alpha value is -2.28. The fraction of sp³-hybridized carbons (Fsp3) is 0.353. The highest BCUT2D eigenvalue weighted by Crippen LogP contribution is 2.26. The second kappa shape index (κ2) is 7.09. The number of methoxy groups -OCH3 is 1. The van der Waals surface area contributed by atoms with Crippen LogP contribution in [0, 0.1) is 0 Å². The molecule has 7 heteroatoms. The first-order valence-corrected chi connectivity index (χ1v) is 9.45. The number of anilines is 2. The molecule has 1 saturated heterocycles. The van der Waals surface area contributed by atoms with E-state index in [9.17, 15) is 8.42 Å². The van der Waals surface area contributed by atoms with E-state index in [4.69, 9.17) is 4.74 Å². The predicted octanol–water partition coefficient (Wildman–Crippen LogP) is 2.88. The van der Waals surface area contributed by atoms with Crippen molar-refractivity contribution in [1.29, 1.82) is 0 Å². The summed E-state index contributed by atoms with van der Waals surface area (Å²) >= 11 is 0. The van der Waals surface area contributed by atoms with Crippen molar-refractivity contribution in [3.63, 3.8) is 0 Å². The van der Waals surface area contributed by atoms with Crippen molar-refractivity contribution in [2.75, 3.05) is 29.8 Å². The highest BCUT2D eigenvalue weighted by Gasteiger charge is 2.19. The molecule has 2 aromatic rings. The smallest absolute Gasteiger partial charge is 0.265 e. The fourth-order valence-electron chi connectivity index (χ4n) is 2.81. The zero-order valence-electron chi connectivity index (χ0n) is 13.6. The molecular formula is C17H21N3O3S. The Morgan fingerprint density at radius 2 is 1.83 bits per heavy atom. The van der Waals surface area contributed by atoms with Gasteiger partial charge < -0.3 is 9.64 Å². The standard InChI is InChI=1S/C17H21N3O3S/c1-23-15-7-3-4-8-16(15)24(21,22)19-14-9-10-17(18-13-14)20-11-5-2-6-12-20/h3-4,7-10,13,19H,2,5-6,11-12H2,1H3. The SMILES string of the molecule is COc1ccccc1S(=O)(=O)Nc1ccc(N2CCCCC2)nc1. The average molecular weight is 347 g/mol. The first-order chi connectivity index (χ1) is 11.6. The van der Waals surface area contributed by atoms with Gasteiger partial charge >= 0.3 is 0 Å². The molecule has 0 saturated carbocycles. The van der Waals surface area contributed by atoms with E-state index in [0.717, 1.165) is 18.9 Å². The quantitative estimate of drug-likeness (QED) is 0.900. The molecule has 0 spiro atoms. The molecule has 1 N–H and O–H groups in total. The Morgan fingerprint density at radius 3 is 2.50 bits per heavy atom. The molecule has 1 fully saturated rings. The van der Waals surface area contributed by atoms with Gasteiger partial charge in [-0.3, -0.25) is 4.72 Å². The molecule has 0 atom stereocenters. The molecule has 0 aliphatic carbocycles. The minimum Gasteiger partial charge on any atom is -0.495 e. The summed E-state index contributed by atoms with van der Waals surface area (Å²) in [6.45, 7) is 2.00. The number of sulfonamides is 1. The molecule has 0 bridgehead atoms. The van der Waals surface area contributed by atoms with Crippen LogP contribution in [0.25, 0.3) is 0 Å². The van der Waals surface area contributed by atoms with Gasteiger partial charge in [-0.25, -0.2) is 13.4 Å². The van der Waals surface area contributed by atoms with Crippen LogP contribution in [0.1, 0.15) is 19.3 Å². The fourth-order valence-corrected chi connectivity index (χ4v) is 4.02. The van der Waals surface area contributed by atoms with Gasteiger partial charge in [0.25, 0.3) is 10.0 Å². The van der Waals surface area contributed by atoms with Gasteiger partial charge in [-0.05, 0) is 43.5 Å². The first kappa shape index (κ1) is 16.6. The van der Waals surface area contributed by atoms with Crippen LogP contribution in [0.4, 0.5) is 11.5 Å². The Kier molecular flexibility index (Phi) is 4.89. The molecule has 128 valence electrons. The van der Waals surface area contributed by atoms with E-state index >= 15 is 0 Å². The van der Waals surface area contributed by atoms with Crippen molar-refractivity contribution in [3.05, 3.63) is 42.6 Å². The van der Waals surface area contributed by atoms with E-state index in [1.807, 2.05) is 6.07 Å². The lowest BCUT2D eigenvalue weighted by molar-refractivity contribution is 0.403. The van der Waals surface area contributed by atoms with Crippen LogP contribution in [-0.2, 0) is 10.0 Å². The molecule has 0 amide bonds. The number of aromatic nitrogens is 1. The lowest BCUT2D eigenvalue weighted by Gasteiger charge is -2.27. The zero-order chi connectivity index (χ0) is 17.0. The molecular weight excluding hydrogens is 326 g/mol.